The van der Waals surface area contributed by atoms with E-state index in [1.165, 1.54) is 10.7 Å². The molecule has 0 saturated heterocycles. The molecule has 2 aliphatic rings. The van der Waals surface area contributed by atoms with Crippen LogP contribution in [0.3, 0.4) is 0 Å². The molecular formula is C23H28FN7O3. The standard InChI is InChI=1S/C23H28FN7O3/c1-25-18-11-20(29-31-19(12-26-21(18)31)22(32)28-17-10-15(17)24)27-16-4-3-9-30(23(16)33)13-5-7-14(34-2)8-6-13/h3-4,9,11-15,17,25H,5-8,10H2,1-2H3,(H,27,29)(H,28,32)/t13?,14?,15-,17+/m0/s1. The summed E-state index contributed by atoms with van der Waals surface area (Å²) in [5.74, 6) is -0.0743. The maximum absolute atomic E-state index is 13.2. The van der Waals surface area contributed by atoms with Gasteiger partial charge in [-0.3, -0.25) is 9.59 Å². The van der Waals surface area contributed by atoms with Gasteiger partial charge in [0, 0.05) is 38.9 Å². The summed E-state index contributed by atoms with van der Waals surface area (Å²) in [4.78, 5) is 30.1. The zero-order chi connectivity index (χ0) is 23.8. The van der Waals surface area contributed by atoms with Crippen LogP contribution in [0.2, 0.25) is 0 Å². The monoisotopic (exact) mass is 469 g/mol. The predicted molar refractivity (Wildman–Crippen MR) is 126 cm³/mol. The molecule has 0 bridgehead atoms. The van der Waals surface area contributed by atoms with E-state index in [2.05, 4.69) is 26.0 Å². The number of carbonyl (C=O) groups excluding carboxylic acids is 1. The molecule has 2 aliphatic carbocycles. The molecule has 2 atom stereocenters. The molecular weight excluding hydrogens is 441 g/mol. The smallest absolute Gasteiger partial charge is 0.274 e. The Morgan fingerprint density at radius 2 is 2.00 bits per heavy atom. The van der Waals surface area contributed by atoms with Crippen molar-refractivity contribution in [2.45, 2.75) is 56.5 Å². The number of halogens is 1. The molecule has 0 aromatic carbocycles. The number of anilines is 3. The van der Waals surface area contributed by atoms with Crippen molar-refractivity contribution in [3.63, 3.8) is 0 Å². The van der Waals surface area contributed by atoms with Crippen LogP contribution >= 0.6 is 0 Å². The van der Waals surface area contributed by atoms with Crippen molar-refractivity contribution in [3.05, 3.63) is 46.6 Å². The number of amides is 1. The fourth-order valence-electron chi connectivity index (χ4n) is 4.51. The van der Waals surface area contributed by atoms with Gasteiger partial charge in [0.2, 0.25) is 0 Å². The minimum absolute atomic E-state index is 0.120. The summed E-state index contributed by atoms with van der Waals surface area (Å²) in [5, 5.41) is 13.3. The lowest BCUT2D eigenvalue weighted by Gasteiger charge is -2.29. The van der Waals surface area contributed by atoms with Crippen molar-refractivity contribution in [1.29, 1.82) is 0 Å². The zero-order valence-electron chi connectivity index (χ0n) is 19.1. The molecule has 180 valence electrons. The number of hydrogen-bond acceptors (Lipinski definition) is 7. The van der Waals surface area contributed by atoms with Gasteiger partial charge in [0.05, 0.1) is 24.0 Å². The van der Waals surface area contributed by atoms with Gasteiger partial charge in [-0.2, -0.15) is 0 Å². The SMILES string of the molecule is CNc1cc(Nc2cccn(C3CCC(OC)CC3)c2=O)nn2c(C(=O)N[C@@H]3C[C@@H]3F)cnc12. The number of methoxy groups -OCH3 is 1. The number of nitrogens with one attached hydrogen (secondary N) is 3. The van der Waals surface area contributed by atoms with Gasteiger partial charge in [0.15, 0.2) is 17.2 Å². The van der Waals surface area contributed by atoms with Crippen LogP contribution < -0.4 is 21.5 Å². The van der Waals surface area contributed by atoms with E-state index in [0.717, 1.165) is 25.7 Å². The van der Waals surface area contributed by atoms with Crippen LogP contribution in [0.4, 0.5) is 21.6 Å². The minimum Gasteiger partial charge on any atom is -0.385 e. The van der Waals surface area contributed by atoms with Gasteiger partial charge in [0.25, 0.3) is 11.5 Å². The summed E-state index contributed by atoms with van der Waals surface area (Å²) in [7, 11) is 3.46. The molecule has 3 aromatic rings. The molecule has 3 heterocycles. The topological polar surface area (TPSA) is 115 Å². The van der Waals surface area contributed by atoms with Crippen LogP contribution in [0.25, 0.3) is 5.65 Å². The Morgan fingerprint density at radius 3 is 2.68 bits per heavy atom. The van der Waals surface area contributed by atoms with Gasteiger partial charge >= 0.3 is 0 Å². The van der Waals surface area contributed by atoms with E-state index in [1.807, 2.05) is 12.3 Å². The Kier molecular flexibility index (Phi) is 5.94. The summed E-state index contributed by atoms with van der Waals surface area (Å²) < 4.78 is 21.9. The molecule has 2 saturated carbocycles. The molecule has 10 nitrogen and oxygen atoms in total. The van der Waals surface area contributed by atoms with E-state index in [1.54, 1.807) is 30.9 Å². The van der Waals surface area contributed by atoms with Gasteiger partial charge in [-0.05, 0) is 37.8 Å². The second-order valence-electron chi connectivity index (χ2n) is 8.83. The summed E-state index contributed by atoms with van der Waals surface area (Å²) in [6.45, 7) is 0. The van der Waals surface area contributed by atoms with E-state index in [-0.39, 0.29) is 23.4 Å². The number of carbonyl (C=O) groups is 1. The summed E-state index contributed by atoms with van der Waals surface area (Å²) in [6, 6.07) is 4.92. The lowest BCUT2D eigenvalue weighted by atomic mass is 9.92. The zero-order valence-corrected chi connectivity index (χ0v) is 19.1. The molecule has 0 spiro atoms. The van der Waals surface area contributed by atoms with E-state index >= 15 is 0 Å². The molecule has 3 aromatic heterocycles. The van der Waals surface area contributed by atoms with Crippen molar-refractivity contribution in [3.8, 4) is 0 Å². The highest BCUT2D eigenvalue weighted by atomic mass is 19.1. The van der Waals surface area contributed by atoms with Crippen molar-refractivity contribution in [2.24, 2.45) is 0 Å². The molecule has 1 amide bonds. The third-order valence-corrected chi connectivity index (χ3v) is 6.61. The van der Waals surface area contributed by atoms with Crippen molar-refractivity contribution >= 4 is 28.7 Å². The van der Waals surface area contributed by atoms with Crippen LogP contribution in [-0.2, 0) is 4.74 Å². The van der Waals surface area contributed by atoms with Crippen LogP contribution in [0.15, 0.2) is 35.4 Å². The van der Waals surface area contributed by atoms with Crippen molar-refractivity contribution in [2.75, 3.05) is 24.8 Å². The molecule has 0 aliphatic heterocycles. The second kappa shape index (κ2) is 9.05. The van der Waals surface area contributed by atoms with E-state index < -0.39 is 18.1 Å². The highest BCUT2D eigenvalue weighted by molar-refractivity contribution is 5.94. The Bertz CT molecular complexity index is 1270. The van der Waals surface area contributed by atoms with E-state index in [4.69, 9.17) is 4.74 Å². The number of nitrogens with zero attached hydrogens (tertiary/aromatic N) is 4. The quantitative estimate of drug-likeness (QED) is 0.487. The third kappa shape index (κ3) is 4.23. The maximum atomic E-state index is 13.2. The number of pyridine rings is 1. The lowest BCUT2D eigenvalue weighted by molar-refractivity contribution is 0.0580. The minimum atomic E-state index is -1.01. The number of hydrogen-bond donors (Lipinski definition) is 3. The van der Waals surface area contributed by atoms with Crippen LogP contribution in [0.5, 0.6) is 0 Å². The maximum Gasteiger partial charge on any atom is 0.274 e. The van der Waals surface area contributed by atoms with Gasteiger partial charge in [-0.25, -0.2) is 13.9 Å². The first kappa shape index (κ1) is 22.3. The molecule has 2 fully saturated rings. The third-order valence-electron chi connectivity index (χ3n) is 6.61. The second-order valence-corrected chi connectivity index (χ2v) is 8.83. The Hall–Kier alpha value is -3.47. The number of ether oxygens (including phenoxy) is 1. The fourth-order valence-corrected chi connectivity index (χ4v) is 4.51. The lowest BCUT2D eigenvalue weighted by Crippen LogP contribution is -2.30. The summed E-state index contributed by atoms with van der Waals surface area (Å²) >= 11 is 0. The fraction of sp³-hybridized carbons (Fsp3) is 0.478. The van der Waals surface area contributed by atoms with Gasteiger partial charge in [-0.15, -0.1) is 5.10 Å². The van der Waals surface area contributed by atoms with Gasteiger partial charge in [0.1, 0.15) is 11.9 Å². The number of aromatic nitrogens is 4. The highest BCUT2D eigenvalue weighted by Crippen LogP contribution is 2.29. The first-order valence-corrected chi connectivity index (χ1v) is 11.5. The van der Waals surface area contributed by atoms with Crippen molar-refractivity contribution < 1.29 is 13.9 Å². The molecule has 11 heteroatoms. The number of rotatable bonds is 7. The molecule has 0 unspecified atom stereocenters. The summed E-state index contributed by atoms with van der Waals surface area (Å²) in [6.07, 6.45) is 6.38. The first-order valence-electron chi connectivity index (χ1n) is 11.5. The predicted octanol–water partition coefficient (Wildman–Crippen LogP) is 2.65. The normalized spacial score (nSPS) is 24.1. The Balaban J connectivity index is 1.43. The average Bonchev–Trinajstić information content (AvgIpc) is 3.36. The van der Waals surface area contributed by atoms with Gasteiger partial charge < -0.3 is 25.3 Å². The largest absolute Gasteiger partial charge is 0.385 e. The molecule has 34 heavy (non-hydrogen) atoms. The highest BCUT2D eigenvalue weighted by Gasteiger charge is 2.39. The molecule has 3 N–H and O–H groups in total. The van der Waals surface area contributed by atoms with Crippen LogP contribution in [-0.4, -0.2) is 57.5 Å². The van der Waals surface area contributed by atoms with E-state index in [0.29, 0.717) is 29.3 Å². The number of alkyl halides is 1. The van der Waals surface area contributed by atoms with Gasteiger partial charge in [-0.1, -0.05) is 0 Å². The Labute approximate surface area is 195 Å². The Morgan fingerprint density at radius 1 is 1.24 bits per heavy atom. The van der Waals surface area contributed by atoms with Crippen LogP contribution in [0.1, 0.15) is 48.6 Å². The molecule has 5 rings (SSSR count). The number of imidazole rings is 1. The first-order chi connectivity index (χ1) is 16.5. The number of fused-ring (bicyclic) bond motifs is 1. The van der Waals surface area contributed by atoms with Crippen LogP contribution in [0, 0.1) is 0 Å². The summed E-state index contributed by atoms with van der Waals surface area (Å²) in [5.41, 5.74) is 1.51. The van der Waals surface area contributed by atoms with Crippen molar-refractivity contribution in [1.82, 2.24) is 24.5 Å². The molecule has 0 radical (unpaired) electrons. The average molecular weight is 470 g/mol. The van der Waals surface area contributed by atoms with E-state index in [9.17, 15) is 14.0 Å².